The summed E-state index contributed by atoms with van der Waals surface area (Å²) >= 11 is 0. The lowest BCUT2D eigenvalue weighted by molar-refractivity contribution is -0.133. The van der Waals surface area contributed by atoms with Crippen LogP contribution in [0.5, 0.6) is 69.0 Å². The summed E-state index contributed by atoms with van der Waals surface area (Å²) in [7, 11) is 9.36. The number of benzene rings is 6. The molecule has 0 aromatic heterocycles. The Bertz CT molecular complexity index is 3240. The highest BCUT2D eigenvalue weighted by atomic mass is 16.5. The molecule has 12 bridgehead atoms. The van der Waals surface area contributed by atoms with Crippen LogP contribution in [0.2, 0.25) is 0 Å². The van der Waals surface area contributed by atoms with Crippen molar-refractivity contribution in [2.24, 2.45) is 0 Å². The smallest absolute Gasteiger partial charge is 0.260 e. The van der Waals surface area contributed by atoms with Crippen molar-refractivity contribution in [1.82, 2.24) is 29.4 Å². The van der Waals surface area contributed by atoms with Gasteiger partial charge in [-0.25, -0.2) is 0 Å². The number of carbonyl (C=O) groups is 6. The molecule has 1 aliphatic rings. The third kappa shape index (κ3) is 21.5. The van der Waals surface area contributed by atoms with E-state index < -0.39 is 0 Å². The lowest BCUT2D eigenvalue weighted by Gasteiger charge is -2.26. The monoisotopic (exact) mass is 1490 g/mol. The van der Waals surface area contributed by atoms with Gasteiger partial charge in [0.25, 0.3) is 35.4 Å². The van der Waals surface area contributed by atoms with Gasteiger partial charge in [0.15, 0.2) is 39.6 Å². The second kappa shape index (κ2) is 41.7. The molecule has 7 rings (SSSR count). The van der Waals surface area contributed by atoms with Crippen molar-refractivity contribution in [3.05, 3.63) is 140 Å². The number of fused-ring (bicyclic) bond motifs is 12. The summed E-state index contributed by atoms with van der Waals surface area (Å²) in [6, 6.07) is 22.1. The standard InChI is InChI=1S/C84H114N6O18/c1-19-85(20-2)73(91)49-103-79-55-31-57-39-68(98-14)41-59(80(57)104-50-74(92)86(21-3)22-4)33-61-43-70(100-16)45-63(82(61)106-52-76(94)88(25-7)26-8)35-65-47-72(102-18)48-66(84(65)108-54-78(96)90(29-11)30-12)36-64-46-71(101-17)44-62(83(64)107-53-77(95)89(27-9)28-10)34-60-42-69(99-15)40-58(32-56(79)38-67(37-55)97-13)81(60)105-51-75(93)87(23-5)24-6/h37-48H,19-36,49-54H2,1-18H3. The summed E-state index contributed by atoms with van der Waals surface area (Å²) in [5.41, 5.74) is 6.61. The van der Waals surface area contributed by atoms with E-state index in [1.807, 2.05) is 156 Å². The normalized spacial score (nSPS) is 11.7. The quantitative estimate of drug-likeness (QED) is 0.0355. The SMILES string of the molecule is CCN(CC)C(=O)COc1c2cc(OC)cc1Cc1cc(OC)cc(c1OCC(=O)N(CC)CC)Cc1cc(OC)cc(c1OCC(=O)N(CC)CC)Cc1cc(OC)cc(c1OCC(=O)N(CC)CC)Cc1cc(OC)cc(c1OCC(=O)N(CC)CC)Cc1cc(OC)cc(c1OCC(=O)N(CC)CC)C2. The number of amides is 6. The maximum Gasteiger partial charge on any atom is 0.260 e. The van der Waals surface area contributed by atoms with E-state index in [4.69, 9.17) is 56.8 Å². The molecule has 6 amide bonds. The van der Waals surface area contributed by atoms with Crippen molar-refractivity contribution in [2.75, 3.05) is 161 Å². The third-order valence-electron chi connectivity index (χ3n) is 19.7. The van der Waals surface area contributed by atoms with Crippen LogP contribution in [0.3, 0.4) is 0 Å². The molecule has 0 fully saturated rings. The molecular weight excluding hydrogens is 1380 g/mol. The fourth-order valence-electron chi connectivity index (χ4n) is 13.8. The molecule has 0 radical (unpaired) electrons. The number of rotatable bonds is 36. The van der Waals surface area contributed by atoms with E-state index in [2.05, 4.69) is 0 Å². The number of methoxy groups -OCH3 is 6. The number of likely N-dealkylation sites (N-methyl/N-ethyl adjacent to an activating group) is 6. The number of ether oxygens (including phenoxy) is 12. The molecule has 0 unspecified atom stereocenters. The summed E-state index contributed by atoms with van der Waals surface area (Å²) < 4.78 is 78.9. The molecule has 1 aliphatic carbocycles. The van der Waals surface area contributed by atoms with Gasteiger partial charge in [-0.3, -0.25) is 28.8 Å². The second-order valence-electron chi connectivity index (χ2n) is 25.8. The molecule has 0 spiro atoms. The van der Waals surface area contributed by atoms with Crippen LogP contribution in [0.4, 0.5) is 0 Å². The molecule has 108 heavy (non-hydrogen) atoms. The van der Waals surface area contributed by atoms with E-state index in [1.165, 1.54) is 0 Å². The summed E-state index contributed by atoms with van der Waals surface area (Å²) in [5, 5.41) is 0. The number of carbonyl (C=O) groups excluding carboxylic acids is 6. The first-order valence-corrected chi connectivity index (χ1v) is 37.8. The van der Waals surface area contributed by atoms with Gasteiger partial charge in [-0.15, -0.1) is 0 Å². The topological polar surface area (TPSA) is 233 Å². The zero-order valence-corrected chi connectivity index (χ0v) is 66.9. The van der Waals surface area contributed by atoms with Gasteiger partial charge in [0.1, 0.15) is 69.0 Å². The van der Waals surface area contributed by atoms with Crippen LogP contribution in [0, 0.1) is 0 Å². The van der Waals surface area contributed by atoms with Crippen molar-refractivity contribution in [3.63, 3.8) is 0 Å². The molecule has 6 aromatic carbocycles. The molecule has 0 aliphatic heterocycles. The Morgan fingerprint density at radius 3 is 0.398 bits per heavy atom. The number of hydrogen-bond donors (Lipinski definition) is 0. The van der Waals surface area contributed by atoms with Gasteiger partial charge in [0.05, 0.1) is 42.7 Å². The zero-order valence-electron chi connectivity index (χ0n) is 66.9. The molecule has 24 heteroatoms. The fourth-order valence-corrected chi connectivity index (χ4v) is 13.8. The van der Waals surface area contributed by atoms with Gasteiger partial charge in [-0.05, 0) is 156 Å². The summed E-state index contributed by atoms with van der Waals surface area (Å²) in [6.45, 7) is 25.8. The van der Waals surface area contributed by atoms with Crippen LogP contribution in [0.15, 0.2) is 72.8 Å². The minimum absolute atomic E-state index is 0.0314. The molecule has 0 N–H and O–H groups in total. The van der Waals surface area contributed by atoms with Gasteiger partial charge in [0.2, 0.25) is 0 Å². The van der Waals surface area contributed by atoms with E-state index in [9.17, 15) is 28.8 Å². The van der Waals surface area contributed by atoms with Gasteiger partial charge >= 0.3 is 0 Å². The molecule has 0 saturated carbocycles. The maximum absolute atomic E-state index is 14.3. The average Bonchev–Trinajstić information content (AvgIpc) is 0.779. The first-order chi connectivity index (χ1) is 52.1. The summed E-state index contributed by atoms with van der Waals surface area (Å²) in [4.78, 5) is 96.1. The first-order valence-electron chi connectivity index (χ1n) is 37.8. The van der Waals surface area contributed by atoms with Crippen LogP contribution in [-0.2, 0) is 67.3 Å². The minimum atomic E-state index is -0.363. The van der Waals surface area contributed by atoms with Crippen molar-refractivity contribution >= 4 is 35.4 Å². The third-order valence-corrected chi connectivity index (χ3v) is 19.7. The zero-order chi connectivity index (χ0) is 78.7. The Labute approximate surface area is 638 Å². The van der Waals surface area contributed by atoms with Gasteiger partial charge in [-0.1, -0.05) is 0 Å². The summed E-state index contributed by atoms with van der Waals surface area (Å²) in [6.07, 6.45) is 0.188. The fraction of sp³-hybridized carbons (Fsp3) is 0.500. The minimum Gasteiger partial charge on any atom is -0.497 e. The first kappa shape index (κ1) is 85.0. The van der Waals surface area contributed by atoms with Crippen LogP contribution in [0.25, 0.3) is 0 Å². The Morgan fingerprint density at radius 2 is 0.315 bits per heavy atom. The largest absolute Gasteiger partial charge is 0.497 e. The highest BCUT2D eigenvalue weighted by molar-refractivity contribution is 5.81. The lowest BCUT2D eigenvalue weighted by atomic mass is 9.90. The second-order valence-corrected chi connectivity index (χ2v) is 25.8. The van der Waals surface area contributed by atoms with E-state index in [0.29, 0.717) is 214 Å². The van der Waals surface area contributed by atoms with Crippen molar-refractivity contribution < 1.29 is 85.6 Å². The Balaban J connectivity index is 1.72. The molecule has 24 nitrogen and oxygen atoms in total. The van der Waals surface area contributed by atoms with Crippen LogP contribution >= 0.6 is 0 Å². The molecule has 0 saturated heterocycles. The molecule has 0 heterocycles. The van der Waals surface area contributed by atoms with Crippen molar-refractivity contribution in [1.29, 1.82) is 0 Å². The number of hydrogen-bond acceptors (Lipinski definition) is 18. The van der Waals surface area contributed by atoms with E-state index in [0.717, 1.165) is 0 Å². The molecular formula is C84H114N6O18. The predicted octanol–water partition coefficient (Wildman–Crippen LogP) is 11.1. The van der Waals surface area contributed by atoms with E-state index >= 15 is 0 Å². The van der Waals surface area contributed by atoms with Crippen LogP contribution in [-0.4, -0.2) is 226 Å². The van der Waals surface area contributed by atoms with Crippen molar-refractivity contribution in [3.8, 4) is 69.0 Å². The predicted molar refractivity (Wildman–Crippen MR) is 415 cm³/mol. The highest BCUT2D eigenvalue weighted by Crippen LogP contribution is 2.45. The Morgan fingerprint density at radius 1 is 0.213 bits per heavy atom. The van der Waals surface area contributed by atoms with Crippen molar-refractivity contribution in [2.45, 2.75) is 122 Å². The molecule has 0 atom stereocenters. The van der Waals surface area contributed by atoms with Gasteiger partial charge in [-0.2, -0.15) is 0 Å². The molecule has 6 aromatic rings. The number of nitrogens with zero attached hydrogens (tertiary/aromatic N) is 6. The maximum atomic E-state index is 14.3. The van der Waals surface area contributed by atoms with E-state index in [-0.39, 0.29) is 114 Å². The summed E-state index contributed by atoms with van der Waals surface area (Å²) in [5.74, 6) is 2.94. The average molecular weight is 1500 g/mol. The van der Waals surface area contributed by atoms with Crippen LogP contribution < -0.4 is 56.8 Å². The highest BCUT2D eigenvalue weighted by Gasteiger charge is 2.30. The van der Waals surface area contributed by atoms with Gasteiger partial charge in [0, 0.05) is 184 Å². The molecule has 588 valence electrons. The Kier molecular flexibility index (Phi) is 32.9. The van der Waals surface area contributed by atoms with Crippen LogP contribution in [0.1, 0.15) is 150 Å². The lowest BCUT2D eigenvalue weighted by Crippen LogP contribution is -2.35. The van der Waals surface area contributed by atoms with Gasteiger partial charge < -0.3 is 86.2 Å². The van der Waals surface area contributed by atoms with E-state index in [1.54, 1.807) is 72.1 Å². The Hall–Kier alpha value is -10.3.